The van der Waals surface area contributed by atoms with E-state index in [9.17, 15) is 19.0 Å². The Morgan fingerprint density at radius 3 is 1.22 bits per heavy atom. The number of rotatable bonds is 40. The summed E-state index contributed by atoms with van der Waals surface area (Å²) in [6, 6.07) is 0. The third-order valence-electron chi connectivity index (χ3n) is 10.5. The number of ether oxygens (including phenoxy) is 2. The summed E-state index contributed by atoms with van der Waals surface area (Å²) in [6.45, 7) is 4.81. The molecule has 1 aliphatic carbocycles. The van der Waals surface area contributed by atoms with Crippen LogP contribution in [0.3, 0.4) is 0 Å². The Balaban J connectivity index is 2.21. The van der Waals surface area contributed by atoms with E-state index in [1.807, 2.05) is 0 Å². The number of phosphoric acid groups is 1. The van der Waals surface area contributed by atoms with Gasteiger partial charge in [0.05, 0.1) is 26.4 Å². The van der Waals surface area contributed by atoms with Crippen molar-refractivity contribution in [2.24, 2.45) is 23.5 Å². The molecule has 0 saturated heterocycles. The molecule has 1 rings (SSSR count). The summed E-state index contributed by atoms with van der Waals surface area (Å²) in [4.78, 5) is 34.9. The molecule has 0 aliphatic heterocycles. The SMILES string of the molecule is CCCCCCCC/C=C\CCCCCCCC(=O)OC[C@@H]1C(COP(=O)(O)OCCN)[C@@H]1COC(=O)CCCCCCC/C=C\CCCCCCCC. The van der Waals surface area contributed by atoms with E-state index in [1.165, 1.54) is 116 Å². The molecule has 0 bridgehead atoms. The molecular formula is C44H82NO8P. The molecule has 0 aromatic carbocycles. The van der Waals surface area contributed by atoms with Crippen molar-refractivity contribution >= 4 is 19.8 Å². The average Bonchev–Trinajstić information content (AvgIpc) is 3.85. The van der Waals surface area contributed by atoms with E-state index < -0.39 is 7.82 Å². The average molecular weight is 784 g/mol. The monoisotopic (exact) mass is 784 g/mol. The van der Waals surface area contributed by atoms with Gasteiger partial charge in [-0.2, -0.15) is 0 Å². The van der Waals surface area contributed by atoms with Crippen LogP contribution in [-0.4, -0.2) is 49.8 Å². The highest BCUT2D eigenvalue weighted by atomic mass is 31.2. The number of esters is 2. The Morgan fingerprint density at radius 2 is 0.852 bits per heavy atom. The molecule has 0 spiro atoms. The highest BCUT2D eigenvalue weighted by Crippen LogP contribution is 2.51. The number of carbonyl (C=O) groups is 2. The topological polar surface area (TPSA) is 134 Å². The van der Waals surface area contributed by atoms with Gasteiger partial charge in [-0.25, -0.2) is 4.57 Å². The molecule has 0 aromatic heterocycles. The Bertz CT molecular complexity index is 943. The summed E-state index contributed by atoms with van der Waals surface area (Å²) in [5, 5.41) is 0. The van der Waals surface area contributed by atoms with Crippen molar-refractivity contribution in [1.29, 1.82) is 0 Å². The summed E-state index contributed by atoms with van der Waals surface area (Å²) in [6.07, 6.45) is 41.3. The van der Waals surface area contributed by atoms with Gasteiger partial charge in [0.15, 0.2) is 0 Å². The van der Waals surface area contributed by atoms with Crippen LogP contribution in [0, 0.1) is 17.8 Å². The van der Waals surface area contributed by atoms with Crippen LogP contribution in [0.25, 0.3) is 0 Å². The largest absolute Gasteiger partial charge is 0.472 e. The van der Waals surface area contributed by atoms with Crippen molar-refractivity contribution in [3.8, 4) is 0 Å². The second kappa shape index (κ2) is 35.9. The second-order valence-corrected chi connectivity index (χ2v) is 16.9. The molecule has 1 saturated carbocycles. The molecule has 316 valence electrons. The van der Waals surface area contributed by atoms with Crippen LogP contribution in [0.15, 0.2) is 24.3 Å². The van der Waals surface area contributed by atoms with Gasteiger partial charge in [0, 0.05) is 31.2 Å². The van der Waals surface area contributed by atoms with Crippen LogP contribution in [-0.2, 0) is 32.7 Å². The summed E-state index contributed by atoms with van der Waals surface area (Å²) in [5.74, 6) is -0.862. The normalized spacial score (nSPS) is 18.0. The number of carbonyl (C=O) groups excluding carboxylic acids is 2. The zero-order valence-corrected chi connectivity index (χ0v) is 35.6. The molecule has 10 heteroatoms. The molecule has 9 nitrogen and oxygen atoms in total. The van der Waals surface area contributed by atoms with E-state index >= 15 is 0 Å². The highest BCUT2D eigenvalue weighted by molar-refractivity contribution is 7.47. The number of nitrogens with two attached hydrogens (primary N) is 1. The molecule has 0 heterocycles. The summed E-state index contributed by atoms with van der Waals surface area (Å²) in [5.41, 5.74) is 5.37. The molecular weight excluding hydrogens is 701 g/mol. The predicted octanol–water partition coefficient (Wildman–Crippen LogP) is 12.1. The van der Waals surface area contributed by atoms with Crippen molar-refractivity contribution in [2.75, 3.05) is 33.0 Å². The fraction of sp³-hybridized carbons (Fsp3) is 0.864. The minimum Gasteiger partial charge on any atom is -0.465 e. The van der Waals surface area contributed by atoms with Gasteiger partial charge in [-0.15, -0.1) is 0 Å². The minimum absolute atomic E-state index is 0.0503. The van der Waals surface area contributed by atoms with Crippen molar-refractivity contribution in [3.63, 3.8) is 0 Å². The third-order valence-corrected chi connectivity index (χ3v) is 11.5. The smallest absolute Gasteiger partial charge is 0.465 e. The first-order chi connectivity index (χ1) is 26.3. The molecule has 2 unspecified atom stereocenters. The molecule has 1 fully saturated rings. The molecule has 0 amide bonds. The van der Waals surface area contributed by atoms with Gasteiger partial charge in [0.2, 0.25) is 0 Å². The lowest BCUT2D eigenvalue weighted by Crippen LogP contribution is -2.11. The zero-order valence-electron chi connectivity index (χ0n) is 34.7. The number of hydrogen-bond donors (Lipinski definition) is 2. The van der Waals surface area contributed by atoms with Crippen LogP contribution in [0.4, 0.5) is 0 Å². The number of allylic oxidation sites excluding steroid dienone is 4. The third kappa shape index (κ3) is 30.7. The fourth-order valence-corrected chi connectivity index (χ4v) is 7.63. The fourth-order valence-electron chi connectivity index (χ4n) is 6.85. The van der Waals surface area contributed by atoms with Gasteiger partial charge < -0.3 is 20.1 Å². The van der Waals surface area contributed by atoms with Crippen LogP contribution in [0.2, 0.25) is 0 Å². The first kappa shape index (κ1) is 50.5. The number of unbranched alkanes of at least 4 members (excludes halogenated alkanes) is 22. The Hall–Kier alpha value is -1.51. The predicted molar refractivity (Wildman–Crippen MR) is 222 cm³/mol. The Morgan fingerprint density at radius 1 is 0.519 bits per heavy atom. The molecule has 0 radical (unpaired) electrons. The molecule has 3 N–H and O–H groups in total. The second-order valence-electron chi connectivity index (χ2n) is 15.4. The van der Waals surface area contributed by atoms with Gasteiger partial charge in [-0.05, 0) is 70.1 Å². The van der Waals surface area contributed by atoms with Gasteiger partial charge in [0.25, 0.3) is 0 Å². The van der Waals surface area contributed by atoms with E-state index in [4.69, 9.17) is 24.3 Å². The maximum Gasteiger partial charge on any atom is 0.472 e. The van der Waals surface area contributed by atoms with Gasteiger partial charge in [0.1, 0.15) is 0 Å². The maximum absolute atomic E-state index is 12.5. The lowest BCUT2D eigenvalue weighted by Gasteiger charge is -2.11. The van der Waals surface area contributed by atoms with Crippen molar-refractivity contribution < 1.29 is 37.6 Å². The lowest BCUT2D eigenvalue weighted by molar-refractivity contribution is -0.146. The van der Waals surface area contributed by atoms with Crippen LogP contribution in [0.1, 0.15) is 194 Å². The maximum atomic E-state index is 12.5. The van der Waals surface area contributed by atoms with Crippen molar-refractivity contribution in [1.82, 2.24) is 0 Å². The Labute approximate surface area is 331 Å². The van der Waals surface area contributed by atoms with E-state index in [0.717, 1.165) is 51.4 Å². The standard InChI is InChI=1S/C44H82NO8P/c1-3-5-7-9-11-13-15-17-19-21-23-25-27-29-31-33-43(46)50-37-40-41(42(40)39-53-54(48,49)52-36-35-45)38-51-44(47)34-32-30-28-26-24-22-20-18-16-14-12-10-8-6-4-2/h17-20,40-42H,3-16,21-39,45H2,1-2H3,(H,48,49)/b19-17-,20-18-/t40-,41+,42?. The molecule has 54 heavy (non-hydrogen) atoms. The minimum atomic E-state index is -4.24. The van der Waals surface area contributed by atoms with Crippen molar-refractivity contribution in [3.05, 3.63) is 24.3 Å². The first-order valence-electron chi connectivity index (χ1n) is 22.3. The number of hydrogen-bond acceptors (Lipinski definition) is 8. The van der Waals surface area contributed by atoms with Gasteiger partial charge in [-0.3, -0.25) is 18.6 Å². The molecule has 1 aliphatic rings. The van der Waals surface area contributed by atoms with E-state index in [-0.39, 0.29) is 62.7 Å². The zero-order chi connectivity index (χ0) is 39.4. The summed E-state index contributed by atoms with van der Waals surface area (Å²) in [7, 11) is -4.24. The van der Waals surface area contributed by atoms with Crippen molar-refractivity contribution in [2.45, 2.75) is 194 Å². The molecule has 4 atom stereocenters. The van der Waals surface area contributed by atoms with Crippen LogP contribution in [0.5, 0.6) is 0 Å². The van der Waals surface area contributed by atoms with Crippen LogP contribution < -0.4 is 5.73 Å². The van der Waals surface area contributed by atoms with E-state index in [2.05, 4.69) is 38.2 Å². The molecule has 0 aromatic rings. The lowest BCUT2D eigenvalue weighted by atomic mass is 10.1. The highest BCUT2D eigenvalue weighted by Gasteiger charge is 2.52. The van der Waals surface area contributed by atoms with Gasteiger partial charge in [-0.1, -0.05) is 141 Å². The summed E-state index contributed by atoms with van der Waals surface area (Å²) >= 11 is 0. The Kier molecular flexibility index (Phi) is 33.6. The van der Waals surface area contributed by atoms with E-state index in [0.29, 0.717) is 12.8 Å². The van der Waals surface area contributed by atoms with E-state index in [1.54, 1.807) is 0 Å². The summed E-state index contributed by atoms with van der Waals surface area (Å²) < 4.78 is 33.4. The number of phosphoric ester groups is 1. The quantitative estimate of drug-likeness (QED) is 0.0269. The van der Waals surface area contributed by atoms with Crippen LogP contribution >= 0.6 is 7.82 Å². The first-order valence-corrected chi connectivity index (χ1v) is 23.8. The van der Waals surface area contributed by atoms with Gasteiger partial charge >= 0.3 is 19.8 Å².